The average molecular weight is 393 g/mol. The molecule has 3 rings (SSSR count). The molecule has 0 amide bonds. The minimum absolute atomic E-state index is 0.314. The molecular weight excluding hydrogens is 367 g/mol. The fourth-order valence-electron chi connectivity index (χ4n) is 3.87. The Labute approximate surface area is 163 Å². The maximum Gasteiger partial charge on any atom is 0.416 e. The van der Waals surface area contributed by atoms with Crippen LogP contribution in [0.15, 0.2) is 41.5 Å². The van der Waals surface area contributed by atoms with Crippen LogP contribution in [0, 0.1) is 0 Å². The molecule has 0 atom stereocenters. The van der Waals surface area contributed by atoms with Crippen molar-refractivity contribution in [2.75, 3.05) is 13.6 Å². The smallest absolute Gasteiger partial charge is 0.356 e. The molecule has 2 aromatic rings. The Morgan fingerprint density at radius 1 is 1.21 bits per heavy atom. The molecule has 1 aliphatic carbocycles. The van der Waals surface area contributed by atoms with Crippen molar-refractivity contribution in [3.8, 4) is 0 Å². The van der Waals surface area contributed by atoms with E-state index in [1.165, 1.54) is 12.1 Å². The molecule has 1 aromatic carbocycles. The first kappa shape index (κ1) is 20.2. The largest absolute Gasteiger partial charge is 0.416 e. The van der Waals surface area contributed by atoms with Crippen LogP contribution in [-0.4, -0.2) is 29.3 Å². The van der Waals surface area contributed by atoms with Gasteiger partial charge in [-0.25, -0.2) is 0 Å². The normalized spacial score (nSPS) is 17.0. The summed E-state index contributed by atoms with van der Waals surface area (Å²) in [7, 11) is 3.55. The van der Waals surface area contributed by atoms with Crippen molar-refractivity contribution in [2.45, 2.75) is 43.8 Å². The van der Waals surface area contributed by atoms with Gasteiger partial charge in [-0.1, -0.05) is 31.0 Å². The summed E-state index contributed by atoms with van der Waals surface area (Å²) in [5.74, 6) is 0.624. The molecule has 1 heterocycles. The molecule has 28 heavy (non-hydrogen) atoms. The molecule has 5 nitrogen and oxygen atoms in total. The first-order valence-electron chi connectivity index (χ1n) is 9.43. The number of aryl methyl sites for hydroxylation is 1. The van der Waals surface area contributed by atoms with Gasteiger partial charge >= 0.3 is 6.18 Å². The second kappa shape index (κ2) is 8.24. The second-order valence-corrected chi connectivity index (χ2v) is 7.29. The highest BCUT2D eigenvalue weighted by molar-refractivity contribution is 5.79. The number of alkyl halides is 3. The summed E-state index contributed by atoms with van der Waals surface area (Å²) in [6, 6.07) is 7.68. The van der Waals surface area contributed by atoms with Gasteiger partial charge in [0.15, 0.2) is 5.96 Å². The summed E-state index contributed by atoms with van der Waals surface area (Å²) in [6.07, 6.45) is 1.15. The van der Waals surface area contributed by atoms with Crippen LogP contribution in [0.3, 0.4) is 0 Å². The third-order valence-corrected chi connectivity index (χ3v) is 5.54. The SMILES string of the molecule is CN=C(NCc1ccnn1C)NCC1(c2cccc(C(F)(F)F)c2)CCCC1. The van der Waals surface area contributed by atoms with Gasteiger partial charge in [-0.2, -0.15) is 18.3 Å². The Bertz CT molecular complexity index is 819. The van der Waals surface area contributed by atoms with Crippen LogP contribution in [0.5, 0.6) is 0 Å². The summed E-state index contributed by atoms with van der Waals surface area (Å²) in [5, 5.41) is 10.7. The molecule has 1 saturated carbocycles. The van der Waals surface area contributed by atoms with Crippen molar-refractivity contribution in [3.05, 3.63) is 53.3 Å². The van der Waals surface area contributed by atoms with E-state index in [0.717, 1.165) is 43.0 Å². The van der Waals surface area contributed by atoms with Gasteiger partial charge in [-0.3, -0.25) is 9.67 Å². The van der Waals surface area contributed by atoms with Crippen LogP contribution in [0.2, 0.25) is 0 Å². The zero-order valence-electron chi connectivity index (χ0n) is 16.2. The van der Waals surface area contributed by atoms with Crippen LogP contribution >= 0.6 is 0 Å². The molecule has 152 valence electrons. The van der Waals surface area contributed by atoms with Gasteiger partial charge in [0, 0.05) is 32.3 Å². The molecule has 8 heteroatoms. The first-order chi connectivity index (χ1) is 13.3. The highest BCUT2D eigenvalue weighted by Gasteiger charge is 2.38. The van der Waals surface area contributed by atoms with E-state index >= 15 is 0 Å². The third kappa shape index (κ3) is 4.48. The van der Waals surface area contributed by atoms with E-state index < -0.39 is 11.7 Å². The Morgan fingerprint density at radius 3 is 2.57 bits per heavy atom. The zero-order valence-corrected chi connectivity index (χ0v) is 16.2. The molecule has 1 aromatic heterocycles. The Balaban J connectivity index is 1.71. The van der Waals surface area contributed by atoms with Crippen molar-refractivity contribution >= 4 is 5.96 Å². The molecule has 0 aliphatic heterocycles. The molecular formula is C20H26F3N5. The topological polar surface area (TPSA) is 54.2 Å². The number of guanidine groups is 1. The van der Waals surface area contributed by atoms with E-state index in [9.17, 15) is 13.2 Å². The van der Waals surface area contributed by atoms with Crippen molar-refractivity contribution in [3.63, 3.8) is 0 Å². The molecule has 2 N–H and O–H groups in total. The number of hydrogen-bond acceptors (Lipinski definition) is 2. The first-order valence-corrected chi connectivity index (χ1v) is 9.43. The standard InChI is InChI=1S/C20H26F3N5/c1-24-18(25-13-17-8-11-27-28(17)2)26-14-19(9-3-4-10-19)15-6-5-7-16(12-15)20(21,22)23/h5-8,11-12H,3-4,9-10,13-14H2,1-2H3,(H2,24,25,26). The number of aliphatic imine (C=N–C) groups is 1. The highest BCUT2D eigenvalue weighted by atomic mass is 19.4. The van der Waals surface area contributed by atoms with E-state index in [-0.39, 0.29) is 5.41 Å². The van der Waals surface area contributed by atoms with Crippen LogP contribution < -0.4 is 10.6 Å². The molecule has 0 unspecified atom stereocenters. The van der Waals surface area contributed by atoms with E-state index in [1.54, 1.807) is 17.9 Å². The summed E-state index contributed by atoms with van der Waals surface area (Å²) < 4.78 is 41.3. The fourth-order valence-corrected chi connectivity index (χ4v) is 3.87. The van der Waals surface area contributed by atoms with Gasteiger partial charge in [0.05, 0.1) is 17.8 Å². The van der Waals surface area contributed by atoms with E-state index in [4.69, 9.17) is 0 Å². The molecule has 0 radical (unpaired) electrons. The van der Waals surface area contributed by atoms with Crippen molar-refractivity contribution in [1.29, 1.82) is 0 Å². The van der Waals surface area contributed by atoms with Crippen LogP contribution in [0.1, 0.15) is 42.5 Å². The van der Waals surface area contributed by atoms with E-state index in [1.807, 2.05) is 19.2 Å². The van der Waals surface area contributed by atoms with E-state index in [0.29, 0.717) is 19.0 Å². The van der Waals surface area contributed by atoms with Gasteiger partial charge in [-0.15, -0.1) is 0 Å². The minimum Gasteiger partial charge on any atom is -0.356 e. The number of nitrogens with one attached hydrogen (secondary N) is 2. The summed E-state index contributed by atoms with van der Waals surface area (Å²) in [6.45, 7) is 1.10. The number of aromatic nitrogens is 2. The molecule has 0 bridgehead atoms. The summed E-state index contributed by atoms with van der Waals surface area (Å²) >= 11 is 0. The lowest BCUT2D eigenvalue weighted by Crippen LogP contribution is -2.44. The molecule has 0 saturated heterocycles. The number of halogens is 3. The molecule has 1 fully saturated rings. The Kier molecular flexibility index (Phi) is 5.96. The maximum absolute atomic E-state index is 13.2. The predicted octanol–water partition coefficient (Wildman–Crippen LogP) is 3.62. The zero-order chi connectivity index (χ0) is 20.2. The van der Waals surface area contributed by atoms with E-state index in [2.05, 4.69) is 20.7 Å². The van der Waals surface area contributed by atoms with Crippen LogP contribution in [0.25, 0.3) is 0 Å². The van der Waals surface area contributed by atoms with Crippen molar-refractivity contribution < 1.29 is 13.2 Å². The molecule has 1 aliphatic rings. The summed E-state index contributed by atoms with van der Waals surface area (Å²) in [4.78, 5) is 4.24. The number of rotatable bonds is 5. The van der Waals surface area contributed by atoms with Crippen molar-refractivity contribution in [2.24, 2.45) is 12.0 Å². The highest BCUT2D eigenvalue weighted by Crippen LogP contribution is 2.42. The van der Waals surface area contributed by atoms with Crippen molar-refractivity contribution in [1.82, 2.24) is 20.4 Å². The molecule has 0 spiro atoms. The fraction of sp³-hybridized carbons (Fsp3) is 0.500. The number of benzene rings is 1. The third-order valence-electron chi connectivity index (χ3n) is 5.54. The minimum atomic E-state index is -4.33. The van der Waals surface area contributed by atoms with Gasteiger partial charge in [0.1, 0.15) is 0 Å². The number of nitrogens with zero attached hydrogens (tertiary/aromatic N) is 3. The Hall–Kier alpha value is -2.51. The Morgan fingerprint density at radius 2 is 1.96 bits per heavy atom. The second-order valence-electron chi connectivity index (χ2n) is 7.29. The maximum atomic E-state index is 13.2. The van der Waals surface area contributed by atoms with Crippen LogP contribution in [0.4, 0.5) is 13.2 Å². The quantitative estimate of drug-likeness (QED) is 0.603. The number of hydrogen-bond donors (Lipinski definition) is 2. The summed E-state index contributed by atoms with van der Waals surface area (Å²) in [5.41, 5.74) is 0.853. The van der Waals surface area contributed by atoms with Gasteiger partial charge in [0.25, 0.3) is 0 Å². The van der Waals surface area contributed by atoms with Gasteiger partial charge in [0.2, 0.25) is 0 Å². The average Bonchev–Trinajstić information content (AvgIpc) is 3.31. The lowest BCUT2D eigenvalue weighted by Gasteiger charge is -2.31. The monoisotopic (exact) mass is 393 g/mol. The van der Waals surface area contributed by atoms with Crippen LogP contribution in [-0.2, 0) is 25.2 Å². The lowest BCUT2D eigenvalue weighted by molar-refractivity contribution is -0.137. The van der Waals surface area contributed by atoms with Gasteiger partial charge < -0.3 is 10.6 Å². The lowest BCUT2D eigenvalue weighted by atomic mass is 9.78. The predicted molar refractivity (Wildman–Crippen MR) is 103 cm³/mol. The van der Waals surface area contributed by atoms with Gasteiger partial charge in [-0.05, 0) is 30.5 Å².